The molecular weight excluding hydrogens is 452 g/mol. The van der Waals surface area contributed by atoms with Crippen molar-refractivity contribution in [1.82, 2.24) is 0 Å². The molecular formula is C35H52O2. The zero-order chi connectivity index (χ0) is 26.4. The molecule has 0 spiro atoms. The molecule has 0 bridgehead atoms. The first-order valence-corrected chi connectivity index (χ1v) is 15.6. The number of ether oxygens (including phenoxy) is 1. The summed E-state index contributed by atoms with van der Waals surface area (Å²) in [5, 5.41) is 0. The Balaban J connectivity index is 1.29. The maximum atomic E-state index is 12.7. The Morgan fingerprint density at radius 2 is 1.73 bits per heavy atom. The van der Waals surface area contributed by atoms with Crippen molar-refractivity contribution >= 4 is 5.97 Å². The van der Waals surface area contributed by atoms with Gasteiger partial charge in [0.15, 0.2) is 0 Å². The van der Waals surface area contributed by atoms with Crippen LogP contribution >= 0.6 is 0 Å². The van der Waals surface area contributed by atoms with Crippen molar-refractivity contribution in [2.24, 2.45) is 52.3 Å². The van der Waals surface area contributed by atoms with Crippen LogP contribution in [0.4, 0.5) is 0 Å². The monoisotopic (exact) mass is 504 g/mol. The van der Waals surface area contributed by atoms with E-state index in [-0.39, 0.29) is 17.5 Å². The van der Waals surface area contributed by atoms with Gasteiger partial charge in [0.2, 0.25) is 0 Å². The maximum absolute atomic E-state index is 12.7. The standard InChI is InChI=1S/C35H52O2/c1-23(2)11-10-12-24(3)29-15-16-30-32-25(4)21-27-22-28(37-33(36)26-13-8-7-9-14-26)17-19-34(27,5)31(32)18-20-35(29,30)6/h7-9,13-14,21,23-25,28-32H,10-12,15-20,22H2,1-6H3/t24-,25-,28+,29+,30-,31-,32-,34-,35+/m0/s1. The van der Waals surface area contributed by atoms with Gasteiger partial charge in [-0.25, -0.2) is 4.79 Å². The summed E-state index contributed by atoms with van der Waals surface area (Å²) in [6, 6.07) is 9.50. The van der Waals surface area contributed by atoms with Crippen molar-refractivity contribution in [3.8, 4) is 0 Å². The number of benzene rings is 1. The fraction of sp³-hybridized carbons (Fsp3) is 0.743. The number of hydrogen-bond acceptors (Lipinski definition) is 2. The molecule has 2 nitrogen and oxygen atoms in total. The molecule has 0 heterocycles. The van der Waals surface area contributed by atoms with E-state index in [0.717, 1.165) is 54.8 Å². The first kappa shape index (κ1) is 27.0. The summed E-state index contributed by atoms with van der Waals surface area (Å²) in [7, 11) is 0. The molecule has 9 atom stereocenters. The SMILES string of the molecule is CC(C)CCC[C@H](C)[C@H]1CC[C@H]2[C@@H]3[C@@H](C)C=C4C[C@H](OC(=O)c5ccccc5)CC[C@]4(C)[C@H]3CC[C@]12C. The molecule has 0 N–H and O–H groups in total. The van der Waals surface area contributed by atoms with Crippen molar-refractivity contribution < 1.29 is 9.53 Å². The zero-order valence-electron chi connectivity index (χ0n) is 24.5. The molecule has 0 unspecified atom stereocenters. The van der Waals surface area contributed by atoms with Gasteiger partial charge in [-0.3, -0.25) is 0 Å². The highest BCUT2D eigenvalue weighted by Gasteiger charge is 2.60. The third kappa shape index (κ3) is 4.96. The molecule has 0 radical (unpaired) electrons. The van der Waals surface area contributed by atoms with E-state index in [9.17, 15) is 4.79 Å². The topological polar surface area (TPSA) is 26.3 Å². The van der Waals surface area contributed by atoms with Gasteiger partial charge in [0.05, 0.1) is 5.56 Å². The molecule has 0 amide bonds. The molecule has 3 fully saturated rings. The number of rotatable bonds is 7. The Kier molecular flexibility index (Phi) is 7.69. The lowest BCUT2D eigenvalue weighted by Crippen LogP contribution is -2.53. The van der Waals surface area contributed by atoms with Crippen LogP contribution in [0.1, 0.15) is 116 Å². The summed E-state index contributed by atoms with van der Waals surface area (Å²) in [5.41, 5.74) is 3.08. The van der Waals surface area contributed by atoms with Gasteiger partial charge in [-0.1, -0.05) is 90.7 Å². The molecule has 4 aliphatic carbocycles. The van der Waals surface area contributed by atoms with Gasteiger partial charge in [-0.15, -0.1) is 0 Å². The van der Waals surface area contributed by atoms with Crippen LogP contribution in [0.5, 0.6) is 0 Å². The van der Waals surface area contributed by atoms with Crippen molar-refractivity contribution in [1.29, 1.82) is 0 Å². The van der Waals surface area contributed by atoms with Gasteiger partial charge in [-0.2, -0.15) is 0 Å². The second-order valence-corrected chi connectivity index (χ2v) is 14.4. The van der Waals surface area contributed by atoms with E-state index < -0.39 is 0 Å². The van der Waals surface area contributed by atoms with E-state index in [1.54, 1.807) is 5.57 Å². The van der Waals surface area contributed by atoms with Crippen LogP contribution in [-0.4, -0.2) is 12.1 Å². The normalized spacial score (nSPS) is 39.8. The molecule has 3 saturated carbocycles. The first-order chi connectivity index (χ1) is 17.6. The van der Waals surface area contributed by atoms with E-state index >= 15 is 0 Å². The second kappa shape index (κ2) is 10.5. The maximum Gasteiger partial charge on any atom is 0.338 e. The summed E-state index contributed by atoms with van der Waals surface area (Å²) in [5.74, 6) is 5.56. The van der Waals surface area contributed by atoms with Crippen LogP contribution in [0.3, 0.4) is 0 Å². The third-order valence-corrected chi connectivity index (χ3v) is 11.9. The highest BCUT2D eigenvalue weighted by atomic mass is 16.5. The molecule has 0 aromatic heterocycles. The quantitative estimate of drug-likeness (QED) is 0.273. The Labute approximate surface area is 227 Å². The minimum atomic E-state index is -0.163. The van der Waals surface area contributed by atoms with Crippen molar-refractivity contribution in [2.45, 2.75) is 112 Å². The Morgan fingerprint density at radius 1 is 0.973 bits per heavy atom. The van der Waals surface area contributed by atoms with Crippen LogP contribution in [0.2, 0.25) is 0 Å². The number of allylic oxidation sites excluding steroid dienone is 1. The number of esters is 1. The third-order valence-electron chi connectivity index (χ3n) is 11.9. The first-order valence-electron chi connectivity index (χ1n) is 15.6. The Morgan fingerprint density at radius 3 is 2.46 bits per heavy atom. The molecule has 37 heavy (non-hydrogen) atoms. The molecule has 1 aromatic carbocycles. The predicted molar refractivity (Wildman–Crippen MR) is 153 cm³/mol. The molecule has 4 aliphatic rings. The average molecular weight is 505 g/mol. The fourth-order valence-corrected chi connectivity index (χ4v) is 9.90. The van der Waals surface area contributed by atoms with Crippen molar-refractivity contribution in [3.63, 3.8) is 0 Å². The predicted octanol–water partition coefficient (Wildman–Crippen LogP) is 9.50. The second-order valence-electron chi connectivity index (χ2n) is 14.4. The summed E-state index contributed by atoms with van der Waals surface area (Å²) in [6.45, 7) is 15.1. The highest BCUT2D eigenvalue weighted by molar-refractivity contribution is 5.89. The van der Waals surface area contributed by atoms with Gasteiger partial charge in [0, 0.05) is 6.42 Å². The van der Waals surface area contributed by atoms with E-state index in [4.69, 9.17) is 4.74 Å². The van der Waals surface area contributed by atoms with E-state index in [1.807, 2.05) is 30.3 Å². The Bertz CT molecular complexity index is 978. The lowest BCUT2D eigenvalue weighted by Gasteiger charge is -2.60. The number of hydrogen-bond donors (Lipinski definition) is 0. The number of carbonyl (C=O) groups excluding carboxylic acids is 1. The molecule has 0 saturated heterocycles. The summed E-state index contributed by atoms with van der Waals surface area (Å²) in [6.07, 6.45) is 15.7. The molecule has 5 rings (SSSR count). The lowest BCUT2D eigenvalue weighted by atomic mass is 9.45. The van der Waals surface area contributed by atoms with Crippen LogP contribution in [0.15, 0.2) is 42.0 Å². The van der Waals surface area contributed by atoms with E-state index in [1.165, 1.54) is 44.9 Å². The van der Waals surface area contributed by atoms with Crippen LogP contribution in [-0.2, 0) is 4.74 Å². The lowest BCUT2D eigenvalue weighted by molar-refractivity contribution is -0.0745. The van der Waals surface area contributed by atoms with E-state index in [0.29, 0.717) is 16.9 Å². The smallest absolute Gasteiger partial charge is 0.338 e. The van der Waals surface area contributed by atoms with Gasteiger partial charge in [0.1, 0.15) is 6.10 Å². The van der Waals surface area contributed by atoms with Gasteiger partial charge < -0.3 is 4.74 Å². The number of fused-ring (bicyclic) bond motifs is 5. The van der Waals surface area contributed by atoms with Gasteiger partial charge >= 0.3 is 5.97 Å². The highest BCUT2D eigenvalue weighted by Crippen LogP contribution is 2.68. The molecule has 204 valence electrons. The summed E-state index contributed by atoms with van der Waals surface area (Å²) < 4.78 is 6.04. The van der Waals surface area contributed by atoms with E-state index in [2.05, 4.69) is 47.6 Å². The summed E-state index contributed by atoms with van der Waals surface area (Å²) >= 11 is 0. The molecule has 2 heteroatoms. The average Bonchev–Trinajstić information content (AvgIpc) is 3.22. The minimum absolute atomic E-state index is 0.0205. The van der Waals surface area contributed by atoms with Crippen LogP contribution in [0.25, 0.3) is 0 Å². The molecule has 1 aromatic rings. The summed E-state index contributed by atoms with van der Waals surface area (Å²) in [4.78, 5) is 12.7. The van der Waals surface area contributed by atoms with Gasteiger partial charge in [-0.05, 0) is 103 Å². The molecule has 0 aliphatic heterocycles. The minimum Gasteiger partial charge on any atom is -0.458 e. The van der Waals surface area contributed by atoms with Crippen LogP contribution < -0.4 is 0 Å². The van der Waals surface area contributed by atoms with Gasteiger partial charge in [0.25, 0.3) is 0 Å². The zero-order valence-corrected chi connectivity index (χ0v) is 24.5. The Hall–Kier alpha value is -1.57. The fourth-order valence-electron chi connectivity index (χ4n) is 9.90. The van der Waals surface area contributed by atoms with Crippen molar-refractivity contribution in [2.75, 3.05) is 0 Å². The van der Waals surface area contributed by atoms with Crippen LogP contribution in [0, 0.1) is 52.3 Å². The van der Waals surface area contributed by atoms with Crippen molar-refractivity contribution in [3.05, 3.63) is 47.5 Å². The largest absolute Gasteiger partial charge is 0.458 e. The number of carbonyl (C=O) groups is 1.